The average Bonchev–Trinajstić information content (AvgIpc) is 3.17. The maximum absolute atomic E-state index is 12.5. The van der Waals surface area contributed by atoms with E-state index in [-0.39, 0.29) is 5.91 Å². The molecule has 1 aromatic heterocycles. The molecule has 0 aliphatic heterocycles. The number of carbonyl (C=O) groups is 1. The minimum absolute atomic E-state index is 0.105. The number of fused-ring (bicyclic) bond motifs is 1. The van der Waals surface area contributed by atoms with Gasteiger partial charge in [-0.1, -0.05) is 30.3 Å². The van der Waals surface area contributed by atoms with Crippen LogP contribution in [0.25, 0.3) is 21.9 Å². The highest BCUT2D eigenvalue weighted by atomic mass is 32.2. The third kappa shape index (κ3) is 4.83. The third-order valence-corrected chi connectivity index (χ3v) is 6.30. The first-order chi connectivity index (χ1) is 14.8. The first-order valence-corrected chi connectivity index (χ1v) is 11.8. The first kappa shape index (κ1) is 20.8. The lowest BCUT2D eigenvalue weighted by molar-refractivity contribution is 0.0954. The van der Waals surface area contributed by atoms with Crippen molar-refractivity contribution in [2.45, 2.75) is 11.3 Å². The fourth-order valence-electron chi connectivity index (χ4n) is 3.48. The fourth-order valence-corrected chi connectivity index (χ4v) is 4.11. The van der Waals surface area contributed by atoms with Crippen molar-refractivity contribution in [2.75, 3.05) is 12.8 Å². The number of sulfone groups is 1. The Bertz CT molecular complexity index is 1360. The SMILES string of the molecule is Cn1cc(CCNC(=O)c2ccc3cc(-c4ccc(S(C)(=O)=O)cc4)ccc3c2)cn1. The van der Waals surface area contributed by atoms with Gasteiger partial charge in [0, 0.05) is 31.6 Å². The van der Waals surface area contributed by atoms with Crippen molar-refractivity contribution >= 4 is 26.5 Å². The number of rotatable bonds is 6. The van der Waals surface area contributed by atoms with Crippen LogP contribution in [0.3, 0.4) is 0 Å². The van der Waals surface area contributed by atoms with Crippen molar-refractivity contribution in [3.05, 3.63) is 84.2 Å². The molecule has 1 amide bonds. The molecule has 3 aromatic carbocycles. The monoisotopic (exact) mass is 433 g/mol. The first-order valence-electron chi connectivity index (χ1n) is 9.90. The standard InChI is InChI=1S/C24H23N3O3S/c1-27-16-17(15-26-27)11-12-25-24(28)22-6-5-20-13-19(3-4-21(20)14-22)18-7-9-23(10-8-18)31(2,29)30/h3-10,13-16H,11-12H2,1-2H3,(H,25,28). The third-order valence-electron chi connectivity index (χ3n) is 5.18. The Hall–Kier alpha value is -3.45. The number of hydrogen-bond acceptors (Lipinski definition) is 4. The van der Waals surface area contributed by atoms with Crippen LogP contribution in [0.1, 0.15) is 15.9 Å². The molecule has 0 aliphatic carbocycles. The zero-order valence-electron chi connectivity index (χ0n) is 17.4. The molecule has 4 aromatic rings. The second kappa shape index (κ2) is 8.35. The molecule has 0 atom stereocenters. The highest BCUT2D eigenvalue weighted by Crippen LogP contribution is 2.26. The van der Waals surface area contributed by atoms with Crippen LogP contribution in [0.4, 0.5) is 0 Å². The molecule has 0 unspecified atom stereocenters. The number of nitrogens with zero attached hydrogens (tertiary/aromatic N) is 2. The summed E-state index contributed by atoms with van der Waals surface area (Å²) in [4.78, 5) is 12.8. The molecule has 1 heterocycles. The molecule has 6 nitrogen and oxygen atoms in total. The Kier molecular flexibility index (Phi) is 5.61. The molecular formula is C24H23N3O3S. The number of carbonyl (C=O) groups excluding carboxylic acids is 1. The summed E-state index contributed by atoms with van der Waals surface area (Å²) in [6.07, 6.45) is 5.67. The van der Waals surface area contributed by atoms with Gasteiger partial charge in [-0.3, -0.25) is 9.48 Å². The summed E-state index contributed by atoms with van der Waals surface area (Å²) in [5, 5.41) is 9.06. The average molecular weight is 434 g/mol. The lowest BCUT2D eigenvalue weighted by Crippen LogP contribution is -2.25. The summed E-state index contributed by atoms with van der Waals surface area (Å²) < 4.78 is 25.0. The van der Waals surface area contributed by atoms with Gasteiger partial charge in [-0.05, 0) is 64.2 Å². The Morgan fingerprint density at radius 2 is 1.65 bits per heavy atom. The van der Waals surface area contributed by atoms with Crippen molar-refractivity contribution in [3.63, 3.8) is 0 Å². The maximum atomic E-state index is 12.5. The second-order valence-electron chi connectivity index (χ2n) is 7.60. The Balaban J connectivity index is 1.48. The number of nitrogens with one attached hydrogen (secondary N) is 1. The van der Waals surface area contributed by atoms with Crippen molar-refractivity contribution in [3.8, 4) is 11.1 Å². The number of aryl methyl sites for hydroxylation is 1. The van der Waals surface area contributed by atoms with E-state index in [4.69, 9.17) is 0 Å². The lowest BCUT2D eigenvalue weighted by atomic mass is 10.00. The van der Waals surface area contributed by atoms with Gasteiger partial charge in [0.1, 0.15) is 0 Å². The number of benzene rings is 3. The van der Waals surface area contributed by atoms with E-state index in [1.165, 1.54) is 6.26 Å². The molecule has 1 N–H and O–H groups in total. The van der Waals surface area contributed by atoms with E-state index in [1.54, 1.807) is 23.0 Å². The van der Waals surface area contributed by atoms with Crippen molar-refractivity contribution in [2.24, 2.45) is 7.05 Å². The molecular weight excluding hydrogens is 410 g/mol. The minimum Gasteiger partial charge on any atom is -0.352 e. The highest BCUT2D eigenvalue weighted by Gasteiger charge is 2.09. The summed E-state index contributed by atoms with van der Waals surface area (Å²) in [6, 6.07) is 18.5. The predicted octanol–water partition coefficient (Wildman–Crippen LogP) is 3.62. The van der Waals surface area contributed by atoms with Crippen LogP contribution in [-0.4, -0.2) is 36.9 Å². The van der Waals surface area contributed by atoms with Crippen molar-refractivity contribution in [1.82, 2.24) is 15.1 Å². The summed E-state index contributed by atoms with van der Waals surface area (Å²) in [5.74, 6) is -0.105. The molecule has 0 spiro atoms. The van der Waals surface area contributed by atoms with Gasteiger partial charge in [0.2, 0.25) is 0 Å². The Labute approximate surface area is 181 Å². The molecule has 158 valence electrons. The van der Waals surface area contributed by atoms with Crippen LogP contribution in [0.5, 0.6) is 0 Å². The molecule has 0 saturated carbocycles. The zero-order chi connectivity index (χ0) is 22.0. The molecule has 0 fully saturated rings. The summed E-state index contributed by atoms with van der Waals surface area (Å²) >= 11 is 0. The molecule has 0 bridgehead atoms. The van der Waals surface area contributed by atoms with Gasteiger partial charge in [0.15, 0.2) is 9.84 Å². The van der Waals surface area contributed by atoms with Gasteiger partial charge >= 0.3 is 0 Å². The quantitative estimate of drug-likeness (QED) is 0.504. The molecule has 0 aliphatic rings. The fraction of sp³-hybridized carbons (Fsp3) is 0.167. The zero-order valence-corrected chi connectivity index (χ0v) is 18.2. The highest BCUT2D eigenvalue weighted by molar-refractivity contribution is 7.90. The Morgan fingerprint density at radius 1 is 0.968 bits per heavy atom. The van der Waals surface area contributed by atoms with E-state index < -0.39 is 9.84 Å². The topological polar surface area (TPSA) is 81.1 Å². The van der Waals surface area contributed by atoms with E-state index in [1.807, 2.05) is 61.8 Å². The summed E-state index contributed by atoms with van der Waals surface area (Å²) in [7, 11) is -1.34. The second-order valence-corrected chi connectivity index (χ2v) is 9.62. The normalized spacial score (nSPS) is 11.5. The number of amides is 1. The van der Waals surface area contributed by atoms with E-state index in [0.717, 1.165) is 33.9 Å². The van der Waals surface area contributed by atoms with Gasteiger partial charge in [-0.2, -0.15) is 5.10 Å². The van der Waals surface area contributed by atoms with E-state index in [2.05, 4.69) is 10.4 Å². The van der Waals surface area contributed by atoms with Crippen LogP contribution >= 0.6 is 0 Å². The molecule has 31 heavy (non-hydrogen) atoms. The molecule has 7 heteroatoms. The van der Waals surface area contributed by atoms with Crippen LogP contribution in [-0.2, 0) is 23.3 Å². The van der Waals surface area contributed by atoms with Gasteiger partial charge in [0.05, 0.1) is 11.1 Å². The van der Waals surface area contributed by atoms with Gasteiger partial charge in [-0.15, -0.1) is 0 Å². The Morgan fingerprint density at radius 3 is 2.32 bits per heavy atom. The van der Waals surface area contributed by atoms with Crippen molar-refractivity contribution < 1.29 is 13.2 Å². The number of aromatic nitrogens is 2. The lowest BCUT2D eigenvalue weighted by Gasteiger charge is -2.08. The maximum Gasteiger partial charge on any atom is 0.251 e. The van der Waals surface area contributed by atoms with Crippen molar-refractivity contribution in [1.29, 1.82) is 0 Å². The van der Waals surface area contributed by atoms with Crippen LogP contribution in [0, 0.1) is 0 Å². The largest absolute Gasteiger partial charge is 0.352 e. The minimum atomic E-state index is -3.21. The van der Waals surface area contributed by atoms with Gasteiger partial charge in [-0.25, -0.2) is 8.42 Å². The van der Waals surface area contributed by atoms with Gasteiger partial charge in [0.25, 0.3) is 5.91 Å². The van der Waals surface area contributed by atoms with Gasteiger partial charge < -0.3 is 5.32 Å². The van der Waals surface area contributed by atoms with E-state index >= 15 is 0 Å². The molecule has 0 saturated heterocycles. The predicted molar refractivity (Wildman–Crippen MR) is 122 cm³/mol. The smallest absolute Gasteiger partial charge is 0.251 e. The number of hydrogen-bond donors (Lipinski definition) is 1. The van der Waals surface area contributed by atoms with Crippen LogP contribution in [0.2, 0.25) is 0 Å². The summed E-state index contributed by atoms with van der Waals surface area (Å²) in [6.45, 7) is 0.547. The van der Waals surface area contributed by atoms with E-state index in [0.29, 0.717) is 17.0 Å². The van der Waals surface area contributed by atoms with Crippen LogP contribution < -0.4 is 5.32 Å². The van der Waals surface area contributed by atoms with E-state index in [9.17, 15) is 13.2 Å². The molecule has 0 radical (unpaired) electrons. The molecule has 4 rings (SSSR count). The summed E-state index contributed by atoms with van der Waals surface area (Å²) in [5.41, 5.74) is 3.62. The van der Waals surface area contributed by atoms with Crippen LogP contribution in [0.15, 0.2) is 78.0 Å².